The predicted octanol–water partition coefficient (Wildman–Crippen LogP) is 6.11. The summed E-state index contributed by atoms with van der Waals surface area (Å²) < 4.78 is 32.6. The molecule has 0 saturated heterocycles. The molecule has 49 heavy (non-hydrogen) atoms. The lowest BCUT2D eigenvalue weighted by Gasteiger charge is -2.37. The highest BCUT2D eigenvalue weighted by molar-refractivity contribution is 7.59. The average molecular weight is 702 g/mol. The van der Waals surface area contributed by atoms with Crippen molar-refractivity contribution in [2.24, 2.45) is 0 Å². The summed E-state index contributed by atoms with van der Waals surface area (Å²) >= 11 is 1.49. The first kappa shape index (κ1) is 35.3. The Kier molecular flexibility index (Phi) is 11.5. The summed E-state index contributed by atoms with van der Waals surface area (Å²) in [6, 6.07) is 18.0. The first-order valence-electron chi connectivity index (χ1n) is 16.1. The molecule has 0 radical (unpaired) electrons. The molecular formula is C36H35N3O8S2. The number of fused-ring (bicyclic) bond motifs is 3. The third kappa shape index (κ3) is 7.39. The fraction of sp³-hybridized carbons (Fsp3) is 0.333. The molecule has 2 aliphatic heterocycles. The third-order valence-corrected chi connectivity index (χ3v) is 9.65. The second-order valence-electron chi connectivity index (χ2n) is 11.7. The molecule has 0 N–H and O–H groups in total. The van der Waals surface area contributed by atoms with Crippen LogP contribution in [-0.4, -0.2) is 60.7 Å². The highest BCUT2D eigenvalue weighted by atomic mass is 32.2. The predicted molar refractivity (Wildman–Crippen MR) is 187 cm³/mol. The van der Waals surface area contributed by atoms with Gasteiger partial charge in [-0.05, 0) is 73.9 Å². The van der Waals surface area contributed by atoms with Crippen molar-refractivity contribution < 1.29 is 31.4 Å². The molecule has 0 spiro atoms. The fourth-order valence-corrected chi connectivity index (χ4v) is 7.88. The molecule has 0 fully saturated rings. The molecule has 2 aliphatic rings. The summed E-state index contributed by atoms with van der Waals surface area (Å²) in [7, 11) is -3.11. The zero-order valence-electron chi connectivity index (χ0n) is 27.2. The normalized spacial score (nSPS) is 13.0. The number of anilines is 1. The van der Waals surface area contributed by atoms with Gasteiger partial charge in [0.2, 0.25) is 0 Å². The van der Waals surface area contributed by atoms with Gasteiger partial charge in [-0.2, -0.15) is 9.59 Å². The average Bonchev–Trinajstić information content (AvgIpc) is 3.52. The number of thiazole rings is 1. The number of aryl methyl sites for hydroxylation is 2. The van der Waals surface area contributed by atoms with Gasteiger partial charge in [-0.25, -0.2) is 9.78 Å². The molecule has 0 saturated carbocycles. The van der Waals surface area contributed by atoms with E-state index in [1.165, 1.54) is 22.6 Å². The zero-order chi connectivity index (χ0) is 35.1. The number of amides is 1. The van der Waals surface area contributed by atoms with Crippen LogP contribution in [0.4, 0.5) is 5.69 Å². The fourth-order valence-electron chi connectivity index (χ4n) is 6.88. The van der Waals surface area contributed by atoms with Gasteiger partial charge in [-0.3, -0.25) is 4.79 Å². The molecule has 0 bridgehead atoms. The van der Waals surface area contributed by atoms with Crippen LogP contribution in [0.3, 0.4) is 0 Å². The van der Waals surface area contributed by atoms with Crippen LogP contribution in [0.5, 0.6) is 0 Å². The largest absolute Gasteiger partial charge is 0.425 e. The highest BCUT2D eigenvalue weighted by Gasteiger charge is 2.31. The number of carbonyl (C=O) groups excluding carboxylic acids is 3. The molecule has 0 aliphatic carbocycles. The van der Waals surface area contributed by atoms with Crippen molar-refractivity contribution in [1.82, 2.24) is 9.88 Å². The van der Waals surface area contributed by atoms with E-state index in [-0.39, 0.29) is 12.1 Å². The Morgan fingerprint density at radius 3 is 2.27 bits per heavy atom. The van der Waals surface area contributed by atoms with Gasteiger partial charge < -0.3 is 14.2 Å². The molecule has 3 aromatic carbocycles. The van der Waals surface area contributed by atoms with Crippen molar-refractivity contribution >= 4 is 60.9 Å². The van der Waals surface area contributed by atoms with Crippen molar-refractivity contribution in [2.75, 3.05) is 31.1 Å². The molecule has 254 valence electrons. The van der Waals surface area contributed by atoms with Crippen LogP contribution in [0.1, 0.15) is 61.0 Å². The minimum absolute atomic E-state index is 0.00332. The minimum Gasteiger partial charge on any atom is -0.422 e. The molecule has 2 aromatic heterocycles. The molecule has 4 heterocycles. The van der Waals surface area contributed by atoms with Crippen molar-refractivity contribution in [3.8, 4) is 21.7 Å². The number of benzene rings is 3. The molecule has 11 nitrogen and oxygen atoms in total. The van der Waals surface area contributed by atoms with E-state index in [1.54, 1.807) is 0 Å². The van der Waals surface area contributed by atoms with Gasteiger partial charge in [0.05, 0.1) is 10.2 Å². The van der Waals surface area contributed by atoms with E-state index in [4.69, 9.17) is 31.6 Å². The number of nitrogens with zero attached hydrogens (tertiary/aromatic N) is 3. The van der Waals surface area contributed by atoms with Crippen molar-refractivity contribution in [3.05, 3.63) is 81.7 Å². The maximum absolute atomic E-state index is 14.2. The van der Waals surface area contributed by atoms with E-state index >= 15 is 0 Å². The standard InChI is InChI=1S/C35H35N3O3S.CO2.O3S/c1-3-17-38(18-4-2)34(39)24-13-6-5-12-23(24)29-26-21-22-11-9-19-37-20-10-14-25(31(22)37)32(26)41-35(40)30(29)33-36-27-15-7-8-16-28(27)42-33;2-1-3;1-4(2)3/h5-8,12-13,15-16,21H,3-4,9-11,14,17-20H2,1-2H3;;. The van der Waals surface area contributed by atoms with Gasteiger partial charge in [0.15, 0.2) is 0 Å². The van der Waals surface area contributed by atoms with Crippen LogP contribution in [0, 0.1) is 0 Å². The second-order valence-corrected chi connectivity index (χ2v) is 13.1. The topological polar surface area (TPSA) is 152 Å². The number of carbonyl (C=O) groups is 1. The maximum atomic E-state index is 14.2. The van der Waals surface area contributed by atoms with Gasteiger partial charge in [0.1, 0.15) is 16.2 Å². The molecule has 7 rings (SSSR count). The first-order chi connectivity index (χ1) is 23.7. The second kappa shape index (κ2) is 16.0. The van der Waals surface area contributed by atoms with Crippen LogP contribution < -0.4 is 10.5 Å². The summed E-state index contributed by atoms with van der Waals surface area (Å²) in [6.07, 6.45) is 6.02. The SMILES string of the molecule is CCCN(CCC)C(=O)c1ccccc1-c1c(-c2nc3ccccc3s2)c(=O)oc2c3c4c(cc12)CCCN4CCC3.O=C=O.O=S(=O)=O. The molecule has 0 unspecified atom stereocenters. The number of para-hydroxylation sites is 1. The van der Waals surface area contributed by atoms with E-state index in [9.17, 15) is 9.59 Å². The number of rotatable bonds is 7. The van der Waals surface area contributed by atoms with Crippen molar-refractivity contribution in [3.63, 3.8) is 0 Å². The van der Waals surface area contributed by atoms with Gasteiger partial charge >= 0.3 is 22.4 Å². The number of aromatic nitrogens is 1. The monoisotopic (exact) mass is 701 g/mol. The quantitative estimate of drug-likeness (QED) is 0.182. The molecule has 13 heteroatoms. The lowest BCUT2D eigenvalue weighted by Crippen LogP contribution is -2.34. The Morgan fingerprint density at radius 1 is 0.959 bits per heavy atom. The Labute approximate surface area is 288 Å². The Hall–Kier alpha value is -4.97. The minimum atomic E-state index is -3.11. The van der Waals surface area contributed by atoms with Gasteiger partial charge in [-0.1, -0.05) is 44.2 Å². The van der Waals surface area contributed by atoms with E-state index < -0.39 is 16.2 Å². The summed E-state index contributed by atoms with van der Waals surface area (Å²) in [6.45, 7) is 7.65. The number of hydrogen-bond acceptors (Lipinski definition) is 11. The summed E-state index contributed by atoms with van der Waals surface area (Å²) in [5, 5.41) is 1.52. The molecule has 1 amide bonds. The molecule has 0 atom stereocenters. The smallest absolute Gasteiger partial charge is 0.422 e. The van der Waals surface area contributed by atoms with Crippen molar-refractivity contribution in [1.29, 1.82) is 0 Å². The van der Waals surface area contributed by atoms with Crippen LogP contribution in [0.25, 0.3) is 42.9 Å². The maximum Gasteiger partial charge on any atom is 0.425 e. The van der Waals surface area contributed by atoms with Crippen LogP contribution in [0.2, 0.25) is 0 Å². The molecule has 5 aromatic rings. The van der Waals surface area contributed by atoms with E-state index in [1.807, 2.05) is 53.4 Å². The summed E-state index contributed by atoms with van der Waals surface area (Å²) in [4.78, 5) is 53.9. The Balaban J connectivity index is 0.000000615. The lowest BCUT2D eigenvalue weighted by molar-refractivity contribution is -0.191. The summed E-state index contributed by atoms with van der Waals surface area (Å²) in [5.41, 5.74) is 7.37. The van der Waals surface area contributed by atoms with Gasteiger partial charge in [0, 0.05) is 53.9 Å². The van der Waals surface area contributed by atoms with E-state index in [2.05, 4.69) is 24.8 Å². The lowest BCUT2D eigenvalue weighted by atomic mass is 9.86. The van der Waals surface area contributed by atoms with Crippen LogP contribution in [-0.2, 0) is 33.0 Å². The van der Waals surface area contributed by atoms with Gasteiger partial charge in [-0.15, -0.1) is 24.0 Å². The first-order valence-corrected chi connectivity index (χ1v) is 18.0. The van der Waals surface area contributed by atoms with Crippen molar-refractivity contribution in [2.45, 2.75) is 52.4 Å². The Bertz CT molecular complexity index is 2170. The third-order valence-electron chi connectivity index (χ3n) is 8.60. The highest BCUT2D eigenvalue weighted by Crippen LogP contribution is 2.46. The van der Waals surface area contributed by atoms with E-state index in [0.29, 0.717) is 34.8 Å². The Morgan fingerprint density at radius 2 is 1.59 bits per heavy atom. The summed E-state index contributed by atoms with van der Waals surface area (Å²) in [5.74, 6) is -0.00332. The van der Waals surface area contributed by atoms with E-state index in [0.717, 1.165) is 83.9 Å². The van der Waals surface area contributed by atoms with Gasteiger partial charge in [0.25, 0.3) is 5.91 Å². The zero-order valence-corrected chi connectivity index (χ0v) is 28.8. The number of hydrogen-bond donors (Lipinski definition) is 0. The van der Waals surface area contributed by atoms with Crippen LogP contribution in [0.15, 0.2) is 63.8 Å². The molecular weight excluding hydrogens is 667 g/mol. The van der Waals surface area contributed by atoms with Crippen LogP contribution >= 0.6 is 11.3 Å².